The molecule has 164 valence electrons. The molecule has 0 bridgehead atoms. The number of carbonyl (C=O) groups excluding carboxylic acids is 1. The summed E-state index contributed by atoms with van der Waals surface area (Å²) >= 11 is 0. The van der Waals surface area contributed by atoms with Crippen LogP contribution in [-0.2, 0) is 17.4 Å². The number of amides is 1. The summed E-state index contributed by atoms with van der Waals surface area (Å²) in [6.07, 6.45) is -5.05. The van der Waals surface area contributed by atoms with Crippen LogP contribution in [0.5, 0.6) is 11.5 Å². The zero-order valence-electron chi connectivity index (χ0n) is 17.1. The standard InChI is InChI=1S/C20H20F3N5O3/c1-11-14(12(2)28-19(24-11)25-18(26-28)20(21,22)23)8-17(29)27(3)9-13-10-30-15-6-4-5-7-16(15)31-13/h4-7,13H,8-10H2,1-3H3/t13-/m0/s1. The monoisotopic (exact) mass is 435 g/mol. The Morgan fingerprint density at radius 3 is 2.65 bits per heavy atom. The maximum absolute atomic E-state index is 12.9. The maximum Gasteiger partial charge on any atom is 0.453 e. The maximum atomic E-state index is 12.9. The average molecular weight is 435 g/mol. The zero-order valence-corrected chi connectivity index (χ0v) is 17.1. The van der Waals surface area contributed by atoms with Gasteiger partial charge in [0.2, 0.25) is 5.91 Å². The van der Waals surface area contributed by atoms with Crippen molar-refractivity contribution in [1.29, 1.82) is 0 Å². The van der Waals surface area contributed by atoms with Gasteiger partial charge in [0, 0.05) is 24.0 Å². The molecule has 1 amide bonds. The fourth-order valence-electron chi connectivity index (χ4n) is 3.43. The molecule has 3 aromatic rings. The number of nitrogens with zero attached hydrogens (tertiary/aromatic N) is 5. The van der Waals surface area contributed by atoms with Crippen molar-refractivity contribution >= 4 is 11.7 Å². The number of carbonyl (C=O) groups is 1. The van der Waals surface area contributed by atoms with E-state index in [2.05, 4.69) is 15.1 Å². The highest BCUT2D eigenvalue weighted by molar-refractivity contribution is 5.79. The number of likely N-dealkylation sites (N-methyl/N-ethyl adjacent to an activating group) is 1. The third-order valence-electron chi connectivity index (χ3n) is 5.10. The first-order valence-electron chi connectivity index (χ1n) is 9.56. The number of halogens is 3. The predicted molar refractivity (Wildman–Crippen MR) is 103 cm³/mol. The van der Waals surface area contributed by atoms with Gasteiger partial charge < -0.3 is 14.4 Å². The van der Waals surface area contributed by atoms with Crippen molar-refractivity contribution in [3.63, 3.8) is 0 Å². The van der Waals surface area contributed by atoms with Crippen LogP contribution < -0.4 is 9.47 Å². The molecule has 2 aromatic heterocycles. The fourth-order valence-corrected chi connectivity index (χ4v) is 3.43. The van der Waals surface area contributed by atoms with Gasteiger partial charge in [0.05, 0.1) is 13.0 Å². The topological polar surface area (TPSA) is 81.9 Å². The number of aryl methyl sites for hydroxylation is 2. The molecule has 4 rings (SSSR count). The van der Waals surface area contributed by atoms with Crippen LogP contribution in [0.4, 0.5) is 13.2 Å². The normalized spacial score (nSPS) is 15.9. The molecule has 0 aliphatic carbocycles. The van der Waals surface area contributed by atoms with Crippen molar-refractivity contribution in [3.8, 4) is 11.5 Å². The molecule has 1 atom stereocenters. The van der Waals surface area contributed by atoms with Gasteiger partial charge in [0.25, 0.3) is 11.6 Å². The third-order valence-corrected chi connectivity index (χ3v) is 5.10. The Labute approximate surface area is 175 Å². The van der Waals surface area contributed by atoms with Crippen LogP contribution in [0.2, 0.25) is 0 Å². The molecule has 0 N–H and O–H groups in total. The second-order valence-corrected chi connectivity index (χ2v) is 7.35. The molecule has 0 saturated carbocycles. The van der Waals surface area contributed by atoms with Gasteiger partial charge in [-0.05, 0) is 26.0 Å². The first kappa shape index (κ1) is 20.9. The second-order valence-electron chi connectivity index (χ2n) is 7.35. The molecule has 0 fully saturated rings. The van der Waals surface area contributed by atoms with Crippen molar-refractivity contribution in [2.24, 2.45) is 0 Å². The van der Waals surface area contributed by atoms with E-state index < -0.39 is 12.0 Å². The molecular weight excluding hydrogens is 415 g/mol. The summed E-state index contributed by atoms with van der Waals surface area (Å²) in [6.45, 7) is 3.82. The molecule has 3 heterocycles. The highest BCUT2D eigenvalue weighted by atomic mass is 19.4. The van der Waals surface area contributed by atoms with Crippen LogP contribution >= 0.6 is 0 Å². The number of fused-ring (bicyclic) bond motifs is 2. The highest BCUT2D eigenvalue weighted by Gasteiger charge is 2.37. The molecule has 0 radical (unpaired) electrons. The van der Waals surface area contributed by atoms with Crippen molar-refractivity contribution < 1.29 is 27.4 Å². The molecular formula is C20H20F3N5O3. The van der Waals surface area contributed by atoms with E-state index in [1.165, 1.54) is 4.90 Å². The van der Waals surface area contributed by atoms with Gasteiger partial charge in [-0.1, -0.05) is 12.1 Å². The molecule has 1 aliphatic heterocycles. The number of hydrogen-bond donors (Lipinski definition) is 0. The van der Waals surface area contributed by atoms with Gasteiger partial charge in [-0.15, -0.1) is 5.10 Å². The van der Waals surface area contributed by atoms with E-state index >= 15 is 0 Å². The summed E-state index contributed by atoms with van der Waals surface area (Å²) in [5.41, 5.74) is 1.33. The number of ether oxygens (including phenoxy) is 2. The number of aromatic nitrogens is 4. The van der Waals surface area contributed by atoms with Gasteiger partial charge in [-0.25, -0.2) is 9.50 Å². The summed E-state index contributed by atoms with van der Waals surface area (Å²) in [6, 6.07) is 7.29. The minimum atomic E-state index is -4.68. The van der Waals surface area contributed by atoms with Gasteiger partial charge in [-0.2, -0.15) is 18.2 Å². The smallest absolute Gasteiger partial charge is 0.453 e. The molecule has 31 heavy (non-hydrogen) atoms. The SMILES string of the molecule is Cc1nc2nc(C(F)(F)F)nn2c(C)c1CC(=O)N(C)C[C@H]1COc2ccccc2O1. The number of alkyl halides is 3. The zero-order chi connectivity index (χ0) is 22.3. The lowest BCUT2D eigenvalue weighted by Gasteiger charge is -2.29. The lowest BCUT2D eigenvalue weighted by atomic mass is 10.1. The Morgan fingerprint density at radius 1 is 1.23 bits per heavy atom. The van der Waals surface area contributed by atoms with E-state index in [0.717, 1.165) is 4.52 Å². The highest BCUT2D eigenvalue weighted by Crippen LogP contribution is 2.31. The van der Waals surface area contributed by atoms with E-state index in [9.17, 15) is 18.0 Å². The van der Waals surface area contributed by atoms with Crippen molar-refractivity contribution in [1.82, 2.24) is 24.5 Å². The molecule has 0 spiro atoms. The first-order valence-corrected chi connectivity index (χ1v) is 9.56. The molecule has 1 aromatic carbocycles. The Hall–Kier alpha value is -3.37. The van der Waals surface area contributed by atoms with Crippen LogP contribution in [0.3, 0.4) is 0 Å². The summed E-state index contributed by atoms with van der Waals surface area (Å²) < 4.78 is 51.4. The van der Waals surface area contributed by atoms with E-state index in [1.54, 1.807) is 27.0 Å². The van der Waals surface area contributed by atoms with Gasteiger partial charge in [0.1, 0.15) is 6.61 Å². The summed E-state index contributed by atoms with van der Waals surface area (Å²) in [5, 5.41) is 3.51. The molecule has 8 nitrogen and oxygen atoms in total. The van der Waals surface area contributed by atoms with E-state index in [4.69, 9.17) is 9.47 Å². The first-order chi connectivity index (χ1) is 14.6. The number of para-hydroxylation sites is 2. The lowest BCUT2D eigenvalue weighted by Crippen LogP contribution is -2.42. The van der Waals surface area contributed by atoms with Crippen LogP contribution in [-0.4, -0.2) is 56.7 Å². The van der Waals surface area contributed by atoms with Crippen molar-refractivity contribution in [3.05, 3.63) is 47.0 Å². The number of hydrogen-bond acceptors (Lipinski definition) is 6. The predicted octanol–water partition coefficient (Wildman–Crippen LogP) is 2.60. The van der Waals surface area contributed by atoms with Crippen LogP contribution in [0, 0.1) is 13.8 Å². The minimum absolute atomic E-state index is 0.0392. The third kappa shape index (κ3) is 4.12. The molecule has 11 heteroatoms. The van der Waals surface area contributed by atoms with Gasteiger partial charge in [-0.3, -0.25) is 4.79 Å². The van der Waals surface area contributed by atoms with Gasteiger partial charge >= 0.3 is 6.18 Å². The van der Waals surface area contributed by atoms with E-state index in [0.29, 0.717) is 41.6 Å². The van der Waals surface area contributed by atoms with Crippen LogP contribution in [0.25, 0.3) is 5.78 Å². The molecule has 1 aliphatic rings. The summed E-state index contributed by atoms with van der Waals surface area (Å²) in [5.74, 6) is -0.376. The summed E-state index contributed by atoms with van der Waals surface area (Å²) in [7, 11) is 1.64. The van der Waals surface area contributed by atoms with Crippen molar-refractivity contribution in [2.75, 3.05) is 20.2 Å². The van der Waals surface area contributed by atoms with Gasteiger partial charge in [0.15, 0.2) is 17.6 Å². The fraction of sp³-hybridized carbons (Fsp3) is 0.400. The largest absolute Gasteiger partial charge is 0.486 e. The Balaban J connectivity index is 1.49. The average Bonchev–Trinajstić information content (AvgIpc) is 3.15. The number of rotatable bonds is 4. The Kier molecular flexibility index (Phi) is 5.19. The molecule has 0 saturated heterocycles. The van der Waals surface area contributed by atoms with Crippen LogP contribution in [0.1, 0.15) is 22.8 Å². The number of benzene rings is 1. The Morgan fingerprint density at radius 2 is 1.94 bits per heavy atom. The Bertz CT molecular complexity index is 1150. The second kappa shape index (κ2) is 7.71. The lowest BCUT2D eigenvalue weighted by molar-refractivity contribution is -0.144. The quantitative estimate of drug-likeness (QED) is 0.627. The molecule has 0 unspecified atom stereocenters. The minimum Gasteiger partial charge on any atom is -0.486 e. The van der Waals surface area contributed by atoms with E-state index in [-0.39, 0.29) is 24.2 Å². The van der Waals surface area contributed by atoms with E-state index in [1.807, 2.05) is 18.2 Å². The van der Waals surface area contributed by atoms with Crippen molar-refractivity contribution in [2.45, 2.75) is 32.5 Å². The van der Waals surface area contributed by atoms with Crippen LogP contribution in [0.15, 0.2) is 24.3 Å². The summed E-state index contributed by atoms with van der Waals surface area (Å²) in [4.78, 5) is 21.9.